The molecule has 0 aliphatic heterocycles. The van der Waals surface area contributed by atoms with E-state index in [9.17, 15) is 24.5 Å². The van der Waals surface area contributed by atoms with E-state index in [1.165, 1.54) is 25.1 Å². The molecule has 1 saturated carbocycles. The highest BCUT2D eigenvalue weighted by atomic mass is 16.6. The first-order valence-corrected chi connectivity index (χ1v) is 8.81. The van der Waals surface area contributed by atoms with Crippen molar-refractivity contribution in [3.05, 3.63) is 39.4 Å². The van der Waals surface area contributed by atoms with Gasteiger partial charge in [0.1, 0.15) is 5.56 Å². The van der Waals surface area contributed by atoms with Gasteiger partial charge >= 0.3 is 12.0 Å². The van der Waals surface area contributed by atoms with Crippen LogP contribution in [0.15, 0.2) is 18.2 Å². The number of ether oxygens (including phenoxy) is 1. The fourth-order valence-corrected chi connectivity index (χ4v) is 3.17. The smallest absolute Gasteiger partial charge is 0.345 e. The summed E-state index contributed by atoms with van der Waals surface area (Å²) in [6.07, 6.45) is 4.03. The maximum absolute atomic E-state index is 12.1. The Morgan fingerprint density at radius 2 is 1.96 bits per heavy atom. The summed E-state index contributed by atoms with van der Waals surface area (Å²) in [5.41, 5.74) is -0.305. The van der Waals surface area contributed by atoms with Crippen LogP contribution in [0.1, 0.15) is 48.5 Å². The lowest BCUT2D eigenvalue weighted by Gasteiger charge is -2.29. The number of urea groups is 1. The summed E-state index contributed by atoms with van der Waals surface area (Å²) in [6.45, 7) is 2.83. The summed E-state index contributed by atoms with van der Waals surface area (Å²) >= 11 is 0. The second-order valence-corrected chi connectivity index (χ2v) is 6.69. The molecule has 1 aliphatic carbocycles. The van der Waals surface area contributed by atoms with Gasteiger partial charge in [-0.25, -0.2) is 9.59 Å². The molecule has 146 valence electrons. The maximum Gasteiger partial charge on any atom is 0.345 e. The molecule has 1 aliphatic rings. The first-order chi connectivity index (χ1) is 12.8. The second kappa shape index (κ2) is 9.11. The van der Waals surface area contributed by atoms with Gasteiger partial charge in [-0.2, -0.15) is 0 Å². The van der Waals surface area contributed by atoms with Crippen molar-refractivity contribution in [2.45, 2.75) is 45.6 Å². The van der Waals surface area contributed by atoms with Crippen LogP contribution in [0.2, 0.25) is 0 Å². The van der Waals surface area contributed by atoms with Crippen LogP contribution in [-0.4, -0.2) is 35.5 Å². The van der Waals surface area contributed by atoms with Crippen molar-refractivity contribution in [3.63, 3.8) is 0 Å². The molecule has 0 unspecified atom stereocenters. The predicted molar refractivity (Wildman–Crippen MR) is 96.2 cm³/mol. The number of imide groups is 1. The first kappa shape index (κ1) is 20.3. The van der Waals surface area contributed by atoms with E-state index in [4.69, 9.17) is 4.74 Å². The van der Waals surface area contributed by atoms with Crippen molar-refractivity contribution in [2.24, 2.45) is 5.92 Å². The van der Waals surface area contributed by atoms with Gasteiger partial charge in [0, 0.05) is 11.6 Å². The number of aryl methyl sites for hydroxylation is 1. The minimum Gasteiger partial charge on any atom is -0.452 e. The van der Waals surface area contributed by atoms with Gasteiger partial charge in [-0.05, 0) is 31.7 Å². The van der Waals surface area contributed by atoms with Gasteiger partial charge in [-0.15, -0.1) is 0 Å². The first-order valence-electron chi connectivity index (χ1n) is 8.81. The third kappa shape index (κ3) is 5.50. The minimum atomic E-state index is -0.998. The van der Waals surface area contributed by atoms with Crippen LogP contribution < -0.4 is 10.6 Å². The van der Waals surface area contributed by atoms with Crippen molar-refractivity contribution >= 4 is 23.6 Å². The molecule has 0 radical (unpaired) electrons. The van der Waals surface area contributed by atoms with Crippen LogP contribution in [-0.2, 0) is 9.53 Å². The van der Waals surface area contributed by atoms with Gasteiger partial charge in [-0.3, -0.25) is 20.2 Å². The summed E-state index contributed by atoms with van der Waals surface area (Å²) in [4.78, 5) is 46.2. The summed E-state index contributed by atoms with van der Waals surface area (Å²) in [6, 6.07) is 3.60. The zero-order chi connectivity index (χ0) is 20.0. The monoisotopic (exact) mass is 377 g/mol. The highest BCUT2D eigenvalue weighted by Gasteiger charge is 2.25. The predicted octanol–water partition coefficient (Wildman–Crippen LogP) is 2.46. The van der Waals surface area contributed by atoms with Gasteiger partial charge in [0.15, 0.2) is 6.61 Å². The van der Waals surface area contributed by atoms with E-state index in [0.29, 0.717) is 11.5 Å². The number of hydrogen-bond acceptors (Lipinski definition) is 6. The number of para-hydroxylation sites is 1. The van der Waals surface area contributed by atoms with E-state index in [2.05, 4.69) is 10.6 Å². The quantitative estimate of drug-likeness (QED) is 0.461. The summed E-state index contributed by atoms with van der Waals surface area (Å²) < 4.78 is 4.81. The normalized spacial score (nSPS) is 19.0. The molecule has 9 nitrogen and oxygen atoms in total. The molecule has 0 saturated heterocycles. The topological polar surface area (TPSA) is 128 Å². The average Bonchev–Trinajstić information content (AvgIpc) is 2.61. The number of nitrogens with zero attached hydrogens (tertiary/aromatic N) is 1. The van der Waals surface area contributed by atoms with Crippen LogP contribution in [0.25, 0.3) is 0 Å². The van der Waals surface area contributed by atoms with Crippen LogP contribution in [0.5, 0.6) is 0 Å². The Kier molecular flexibility index (Phi) is 6.86. The highest BCUT2D eigenvalue weighted by Crippen LogP contribution is 2.24. The molecular weight excluding hydrogens is 354 g/mol. The number of rotatable bonds is 5. The summed E-state index contributed by atoms with van der Waals surface area (Å²) in [5, 5.41) is 16.0. The van der Waals surface area contributed by atoms with Crippen molar-refractivity contribution in [1.82, 2.24) is 10.6 Å². The lowest BCUT2D eigenvalue weighted by atomic mass is 9.86. The van der Waals surface area contributed by atoms with Crippen LogP contribution in [0, 0.1) is 23.0 Å². The molecule has 2 atom stereocenters. The second-order valence-electron chi connectivity index (χ2n) is 6.69. The molecule has 27 heavy (non-hydrogen) atoms. The fraction of sp³-hybridized carbons (Fsp3) is 0.500. The zero-order valence-corrected chi connectivity index (χ0v) is 15.3. The number of nitro groups is 1. The fourth-order valence-electron chi connectivity index (χ4n) is 3.17. The minimum absolute atomic E-state index is 0.00374. The lowest BCUT2D eigenvalue weighted by molar-refractivity contribution is -0.385. The third-order valence-electron chi connectivity index (χ3n) is 4.66. The van der Waals surface area contributed by atoms with E-state index in [1.54, 1.807) is 0 Å². The third-order valence-corrected chi connectivity index (χ3v) is 4.66. The Morgan fingerprint density at radius 3 is 2.63 bits per heavy atom. The Labute approximate surface area is 156 Å². The Morgan fingerprint density at radius 1 is 1.26 bits per heavy atom. The SMILES string of the molecule is Cc1cccc(C(=O)OCC(=O)NC(=O)N[C@H]2CCCC[C@H]2C)c1[N+](=O)[O-]. The number of nitrogens with one attached hydrogen (secondary N) is 2. The van der Waals surface area contributed by atoms with Crippen molar-refractivity contribution in [2.75, 3.05) is 6.61 Å². The molecule has 1 fully saturated rings. The van der Waals surface area contributed by atoms with Crippen LogP contribution in [0.4, 0.5) is 10.5 Å². The number of hydrogen-bond donors (Lipinski definition) is 2. The molecule has 0 heterocycles. The molecule has 0 spiro atoms. The Balaban J connectivity index is 1.86. The van der Waals surface area contributed by atoms with E-state index in [1.807, 2.05) is 6.92 Å². The molecule has 0 aromatic heterocycles. The van der Waals surface area contributed by atoms with E-state index >= 15 is 0 Å². The molecule has 0 bridgehead atoms. The lowest BCUT2D eigenvalue weighted by Crippen LogP contribution is -2.48. The van der Waals surface area contributed by atoms with Crippen LogP contribution in [0.3, 0.4) is 0 Å². The van der Waals surface area contributed by atoms with Gasteiger partial charge in [0.25, 0.3) is 11.6 Å². The Hall–Kier alpha value is -2.97. The largest absolute Gasteiger partial charge is 0.452 e. The molecule has 3 amide bonds. The standard InChI is InChI=1S/C18H23N3O6/c1-11-6-3-4-9-14(11)19-18(24)20-15(22)10-27-17(23)13-8-5-7-12(2)16(13)21(25)26/h5,7-8,11,14H,3-4,6,9-10H2,1-2H3,(H2,19,20,22,24)/t11-,14+/m1/s1. The van der Waals surface area contributed by atoms with E-state index < -0.39 is 29.4 Å². The number of carbonyl (C=O) groups is 3. The highest BCUT2D eigenvalue weighted by molar-refractivity contribution is 5.98. The van der Waals surface area contributed by atoms with Crippen molar-refractivity contribution in [3.8, 4) is 0 Å². The van der Waals surface area contributed by atoms with Gasteiger partial charge < -0.3 is 10.1 Å². The Bertz CT molecular complexity index is 749. The van der Waals surface area contributed by atoms with E-state index in [0.717, 1.165) is 25.7 Å². The number of carbonyl (C=O) groups excluding carboxylic acids is 3. The molecule has 1 aromatic rings. The van der Waals surface area contributed by atoms with Gasteiger partial charge in [-0.1, -0.05) is 31.9 Å². The number of amides is 3. The van der Waals surface area contributed by atoms with Gasteiger partial charge in [0.2, 0.25) is 0 Å². The molecule has 1 aromatic carbocycles. The van der Waals surface area contributed by atoms with Crippen molar-refractivity contribution in [1.29, 1.82) is 0 Å². The molecule has 9 heteroatoms. The number of esters is 1. The average molecular weight is 377 g/mol. The van der Waals surface area contributed by atoms with Gasteiger partial charge in [0.05, 0.1) is 4.92 Å². The molecular formula is C18H23N3O6. The summed E-state index contributed by atoms with van der Waals surface area (Å²) in [7, 11) is 0. The van der Waals surface area contributed by atoms with E-state index in [-0.39, 0.29) is 17.3 Å². The number of nitro benzene ring substituents is 1. The van der Waals surface area contributed by atoms with Crippen molar-refractivity contribution < 1.29 is 24.0 Å². The molecule has 2 rings (SSSR count). The maximum atomic E-state index is 12.1. The summed E-state index contributed by atoms with van der Waals surface area (Å²) in [5.74, 6) is -1.47. The molecule has 2 N–H and O–H groups in total. The van der Waals surface area contributed by atoms with Crippen LogP contribution >= 0.6 is 0 Å². The number of benzene rings is 1. The zero-order valence-electron chi connectivity index (χ0n) is 15.3.